The molecule has 12 heavy (non-hydrogen) atoms. The molecule has 1 fully saturated rings. The van der Waals surface area contributed by atoms with Gasteiger partial charge in [0, 0.05) is 0 Å². The summed E-state index contributed by atoms with van der Waals surface area (Å²) in [5.74, 6) is 0. The molecule has 0 spiro atoms. The monoisotopic (exact) mass is 289 g/mol. The Morgan fingerprint density at radius 1 is 1.42 bits per heavy atom. The van der Waals surface area contributed by atoms with Crippen LogP contribution in [-0.4, -0.2) is 50.4 Å². The van der Waals surface area contributed by atoms with Crippen LogP contribution in [0.1, 0.15) is 0 Å². The highest BCUT2D eigenvalue weighted by Crippen LogP contribution is 2.23. The van der Waals surface area contributed by atoms with Crippen LogP contribution in [0.4, 0.5) is 0 Å². The summed E-state index contributed by atoms with van der Waals surface area (Å²) in [6.45, 7) is -0.293. The van der Waals surface area contributed by atoms with E-state index in [-0.39, 0.29) is 6.61 Å². The molecule has 0 saturated carbocycles. The lowest BCUT2D eigenvalue weighted by Gasteiger charge is -2.38. The molecule has 1 rings (SSSR count). The van der Waals surface area contributed by atoms with Crippen LogP contribution in [0.3, 0.4) is 0 Å². The molecule has 5 N–H and O–H groups in total. The van der Waals surface area contributed by atoms with Gasteiger partial charge in [-0.2, -0.15) is 0 Å². The van der Waals surface area contributed by atoms with Gasteiger partial charge in [0.2, 0.25) is 0 Å². The van der Waals surface area contributed by atoms with E-state index in [1.54, 1.807) is 0 Å². The number of ether oxygens (including phenoxy) is 1. The first-order chi connectivity index (χ1) is 5.57. The van der Waals surface area contributed by atoms with Crippen molar-refractivity contribution < 1.29 is 20.1 Å². The van der Waals surface area contributed by atoms with Crippen molar-refractivity contribution in [2.24, 2.45) is 5.73 Å². The van der Waals surface area contributed by atoms with Gasteiger partial charge in [0.05, 0.1) is 22.7 Å². The summed E-state index contributed by atoms with van der Waals surface area (Å²) >= 11 is 1.86. The maximum absolute atomic E-state index is 9.43. The van der Waals surface area contributed by atoms with Gasteiger partial charge in [-0.15, -0.1) is 0 Å². The Labute approximate surface area is 83.7 Å². The number of nitrogens with two attached hydrogens (primary N) is 1. The van der Waals surface area contributed by atoms with E-state index in [9.17, 15) is 10.2 Å². The van der Waals surface area contributed by atoms with Gasteiger partial charge in [0.1, 0.15) is 6.10 Å². The van der Waals surface area contributed by atoms with Crippen LogP contribution in [0.25, 0.3) is 0 Å². The van der Waals surface area contributed by atoms with Gasteiger partial charge in [-0.05, 0) is 0 Å². The predicted molar refractivity (Wildman–Crippen MR) is 49.8 cm³/mol. The molecule has 5 atom stereocenters. The zero-order valence-electron chi connectivity index (χ0n) is 6.30. The fraction of sp³-hybridized carbons (Fsp3) is 1.00. The molecule has 0 amide bonds. The van der Waals surface area contributed by atoms with Crippen molar-refractivity contribution in [3.05, 3.63) is 0 Å². The number of hydrogen-bond acceptors (Lipinski definition) is 5. The number of rotatable bonds is 1. The number of alkyl halides is 1. The van der Waals surface area contributed by atoms with Crippen molar-refractivity contribution in [3.8, 4) is 0 Å². The summed E-state index contributed by atoms with van der Waals surface area (Å²) in [6, 6.07) is -0.639. The lowest BCUT2D eigenvalue weighted by atomic mass is 10.00. The summed E-state index contributed by atoms with van der Waals surface area (Å²) in [4.78, 5) is 0. The SMILES string of the molecule is NC1C(CO)OC(O)C(I)C1O. The standard InChI is InChI=1S/C6H12INO4/c7-3-5(10)4(8)2(1-9)12-6(3)11/h2-6,9-11H,1,8H2. The minimum absolute atomic E-state index is 0.293. The third-order valence-electron chi connectivity index (χ3n) is 1.92. The Kier molecular flexibility index (Phi) is 3.68. The van der Waals surface area contributed by atoms with Gasteiger partial charge in [0.25, 0.3) is 0 Å². The fourth-order valence-electron chi connectivity index (χ4n) is 1.11. The van der Waals surface area contributed by atoms with E-state index in [1.807, 2.05) is 22.6 Å². The summed E-state index contributed by atoms with van der Waals surface area (Å²) in [5.41, 5.74) is 5.53. The molecular weight excluding hydrogens is 277 g/mol. The molecule has 0 aliphatic carbocycles. The predicted octanol–water partition coefficient (Wildman–Crippen LogP) is -1.81. The van der Waals surface area contributed by atoms with E-state index in [0.717, 1.165) is 0 Å². The van der Waals surface area contributed by atoms with Gasteiger partial charge < -0.3 is 25.8 Å². The first-order valence-corrected chi connectivity index (χ1v) is 4.84. The van der Waals surface area contributed by atoms with Crippen LogP contribution in [0.5, 0.6) is 0 Å². The first kappa shape index (κ1) is 10.6. The third kappa shape index (κ3) is 1.88. The normalized spacial score (nSPS) is 49.2. The minimum atomic E-state index is -1.06. The molecular formula is C6H12INO4. The second-order valence-electron chi connectivity index (χ2n) is 2.76. The van der Waals surface area contributed by atoms with E-state index in [1.165, 1.54) is 0 Å². The molecule has 0 bridgehead atoms. The number of halogens is 1. The lowest BCUT2D eigenvalue weighted by molar-refractivity contribution is -0.196. The third-order valence-corrected chi connectivity index (χ3v) is 3.27. The van der Waals surface area contributed by atoms with Crippen LogP contribution in [0.15, 0.2) is 0 Å². The van der Waals surface area contributed by atoms with E-state index in [0.29, 0.717) is 0 Å². The Hall–Kier alpha value is 0.530. The van der Waals surface area contributed by atoms with Crippen LogP contribution < -0.4 is 5.73 Å². The molecule has 1 saturated heterocycles. The quantitative estimate of drug-likeness (QED) is 0.337. The highest BCUT2D eigenvalue weighted by molar-refractivity contribution is 14.1. The van der Waals surface area contributed by atoms with Gasteiger partial charge >= 0.3 is 0 Å². The molecule has 1 aliphatic rings. The summed E-state index contributed by atoms with van der Waals surface area (Å²) < 4.78 is 4.50. The molecule has 5 unspecified atom stereocenters. The zero-order chi connectivity index (χ0) is 9.30. The van der Waals surface area contributed by atoms with Crippen LogP contribution in [0.2, 0.25) is 0 Å². The number of aliphatic hydroxyl groups is 3. The van der Waals surface area contributed by atoms with Crippen molar-refractivity contribution in [2.45, 2.75) is 28.5 Å². The summed E-state index contributed by atoms with van der Waals surface area (Å²) in [7, 11) is 0. The number of aliphatic hydroxyl groups excluding tert-OH is 3. The fourth-order valence-corrected chi connectivity index (χ4v) is 1.76. The van der Waals surface area contributed by atoms with Crippen molar-refractivity contribution in [1.82, 2.24) is 0 Å². The van der Waals surface area contributed by atoms with Crippen molar-refractivity contribution in [3.63, 3.8) is 0 Å². The Morgan fingerprint density at radius 2 is 2.00 bits per heavy atom. The second-order valence-corrected chi connectivity index (χ2v) is 4.20. The van der Waals surface area contributed by atoms with Crippen molar-refractivity contribution >= 4 is 22.6 Å². The molecule has 72 valence electrons. The maximum atomic E-state index is 9.43. The minimum Gasteiger partial charge on any atom is -0.394 e. The van der Waals surface area contributed by atoms with Gasteiger partial charge in [-0.25, -0.2) is 0 Å². The van der Waals surface area contributed by atoms with Gasteiger partial charge in [-0.1, -0.05) is 22.6 Å². The Morgan fingerprint density at radius 3 is 2.50 bits per heavy atom. The molecule has 0 radical (unpaired) electrons. The zero-order valence-corrected chi connectivity index (χ0v) is 8.46. The molecule has 6 heteroatoms. The van der Waals surface area contributed by atoms with E-state index >= 15 is 0 Å². The van der Waals surface area contributed by atoms with Crippen LogP contribution in [0, 0.1) is 0 Å². The van der Waals surface area contributed by atoms with E-state index in [2.05, 4.69) is 0 Å². The Balaban J connectivity index is 2.63. The molecule has 0 aromatic carbocycles. The number of hydrogen-bond donors (Lipinski definition) is 4. The average molecular weight is 289 g/mol. The van der Waals surface area contributed by atoms with Gasteiger partial charge in [-0.3, -0.25) is 0 Å². The van der Waals surface area contributed by atoms with E-state index in [4.69, 9.17) is 15.6 Å². The molecule has 0 aromatic rings. The lowest BCUT2D eigenvalue weighted by Crippen LogP contribution is -2.60. The molecule has 1 aliphatic heterocycles. The second kappa shape index (κ2) is 4.16. The Bertz CT molecular complexity index is 154. The smallest absolute Gasteiger partial charge is 0.169 e. The van der Waals surface area contributed by atoms with Crippen molar-refractivity contribution in [1.29, 1.82) is 0 Å². The van der Waals surface area contributed by atoms with Gasteiger partial charge in [0.15, 0.2) is 6.29 Å². The summed E-state index contributed by atoms with van der Waals surface area (Å²) in [5, 5.41) is 27.4. The largest absolute Gasteiger partial charge is 0.394 e. The first-order valence-electron chi connectivity index (χ1n) is 3.60. The molecule has 5 nitrogen and oxygen atoms in total. The topological polar surface area (TPSA) is 95.9 Å². The van der Waals surface area contributed by atoms with E-state index < -0.39 is 28.5 Å². The van der Waals surface area contributed by atoms with Crippen LogP contribution in [-0.2, 0) is 4.74 Å². The maximum Gasteiger partial charge on any atom is 0.169 e. The van der Waals surface area contributed by atoms with Crippen LogP contribution >= 0.6 is 22.6 Å². The summed E-state index contributed by atoms with van der Waals surface area (Å²) in [6.07, 6.45) is -2.58. The molecule has 0 aromatic heterocycles. The highest BCUT2D eigenvalue weighted by Gasteiger charge is 2.40. The molecule has 1 heterocycles. The average Bonchev–Trinajstić information content (AvgIpc) is 2.08. The van der Waals surface area contributed by atoms with Crippen molar-refractivity contribution in [2.75, 3.05) is 6.61 Å². The highest BCUT2D eigenvalue weighted by atomic mass is 127.